The molecule has 2 atom stereocenters. The molecule has 2 aromatic heterocycles. The van der Waals surface area contributed by atoms with E-state index in [1.54, 1.807) is 12.1 Å². The largest absolute Gasteiger partial charge is 0.489 e. The van der Waals surface area contributed by atoms with Crippen LogP contribution in [0.25, 0.3) is 10.8 Å². The number of nitrogens with two attached hydrogens (primary N) is 1. The number of ether oxygens (including phenoxy) is 1. The number of oxime groups is 1. The van der Waals surface area contributed by atoms with Crippen LogP contribution in [0.4, 0.5) is 10.9 Å². The summed E-state index contributed by atoms with van der Waals surface area (Å²) in [4.78, 5) is 47.3. The third-order valence-corrected chi connectivity index (χ3v) is 8.98. The Kier molecular flexibility index (Phi) is 9.16. The molecule has 1 amide bonds. The van der Waals surface area contributed by atoms with E-state index in [1.807, 2.05) is 29.9 Å². The molecule has 18 heteroatoms. The molecular weight excluding hydrogens is 644 g/mol. The molecule has 46 heavy (non-hydrogen) atoms. The molecule has 5 N–H and O–H groups in total. The number of hydrogen-bond donors (Lipinski definition) is 4. The first-order valence-electron chi connectivity index (χ1n) is 14.2. The first kappa shape index (κ1) is 33.0. The number of hydrogen-bond acceptors (Lipinski definition) is 13. The van der Waals surface area contributed by atoms with Crippen LogP contribution in [0.5, 0.6) is 5.75 Å². The van der Waals surface area contributed by atoms with Crippen LogP contribution >= 0.6 is 11.3 Å². The zero-order valence-electron chi connectivity index (χ0n) is 25.1. The zero-order valence-corrected chi connectivity index (χ0v) is 26.7. The number of thiazole rings is 1. The predicted molar refractivity (Wildman–Crippen MR) is 164 cm³/mol. The lowest BCUT2D eigenvalue weighted by atomic mass is 9.74. The molecule has 246 valence electrons. The maximum absolute atomic E-state index is 13.4. The normalized spacial score (nSPS) is 18.9. The van der Waals surface area contributed by atoms with Crippen molar-refractivity contribution in [2.24, 2.45) is 18.1 Å². The van der Waals surface area contributed by atoms with Crippen LogP contribution in [0.15, 0.2) is 41.0 Å². The number of benzene rings is 1. The summed E-state index contributed by atoms with van der Waals surface area (Å²) in [6.07, 6.45) is 3.21. The molecule has 16 nitrogen and oxygen atoms in total. The molecular formula is C28H33N6O10S2+. The van der Waals surface area contributed by atoms with Crippen LogP contribution in [-0.4, -0.2) is 75.8 Å². The van der Waals surface area contributed by atoms with Gasteiger partial charge in [-0.05, 0) is 62.8 Å². The summed E-state index contributed by atoms with van der Waals surface area (Å²) in [6.45, 7) is 2.40. The number of aryl methyl sites for hydroxylation is 1. The number of nitrogens with zero attached hydrogens (tertiary/aromatic N) is 4. The lowest BCUT2D eigenvalue weighted by Crippen LogP contribution is -2.68. The topological polar surface area (TPSA) is 224 Å². The van der Waals surface area contributed by atoms with Gasteiger partial charge in [-0.15, -0.1) is 15.6 Å². The number of ketones is 1. The van der Waals surface area contributed by atoms with Gasteiger partial charge in [0.2, 0.25) is 0 Å². The van der Waals surface area contributed by atoms with E-state index in [1.165, 1.54) is 25.6 Å². The average molecular weight is 678 g/mol. The van der Waals surface area contributed by atoms with Gasteiger partial charge in [0.15, 0.2) is 16.6 Å². The van der Waals surface area contributed by atoms with E-state index < -0.39 is 64.4 Å². The molecule has 1 saturated carbocycles. The Morgan fingerprint density at radius 3 is 2.63 bits per heavy atom. The minimum absolute atomic E-state index is 0.0119. The van der Waals surface area contributed by atoms with Gasteiger partial charge >= 0.3 is 16.4 Å². The number of fused-ring (bicyclic) bond motifs is 1. The highest BCUT2D eigenvalue weighted by molar-refractivity contribution is 7.80. The Bertz CT molecular complexity index is 1820. The fourth-order valence-corrected chi connectivity index (χ4v) is 6.09. The van der Waals surface area contributed by atoms with Crippen LogP contribution in [-0.2, 0) is 41.0 Å². The van der Waals surface area contributed by atoms with Gasteiger partial charge in [0.25, 0.3) is 17.8 Å². The van der Waals surface area contributed by atoms with Gasteiger partial charge in [-0.1, -0.05) is 5.16 Å². The number of nitrogen functional groups attached to an aromatic ring is 1. The molecule has 3 aromatic rings. The number of carbonyl (C=O) groups excluding carboxylic acids is 2. The third kappa shape index (κ3) is 7.04. The lowest BCUT2D eigenvalue weighted by Gasteiger charge is -2.50. The first-order valence-corrected chi connectivity index (χ1v) is 16.4. The number of pyridine rings is 1. The fraction of sp³-hybridized carbons (Fsp3) is 0.429. The van der Waals surface area contributed by atoms with Crippen molar-refractivity contribution in [2.75, 3.05) is 17.7 Å². The van der Waals surface area contributed by atoms with Crippen molar-refractivity contribution < 1.29 is 50.9 Å². The number of β-lactam (4-membered cyclic amide) rings is 1. The molecule has 3 heterocycles. The maximum Gasteiger partial charge on any atom is 0.418 e. The van der Waals surface area contributed by atoms with Crippen LogP contribution in [0.2, 0.25) is 0 Å². The molecule has 0 spiro atoms. The van der Waals surface area contributed by atoms with Crippen LogP contribution in [0.3, 0.4) is 0 Å². The van der Waals surface area contributed by atoms with E-state index in [-0.39, 0.29) is 10.8 Å². The number of Topliss-reactive ketones (excluding diaryl/α,β-unsaturated/α-hetero) is 1. The van der Waals surface area contributed by atoms with Crippen molar-refractivity contribution in [1.82, 2.24) is 10.0 Å². The standard InChI is InChI=1S/C28H32N6O10S2/c1-28(2)19(25(36)34(28)44-46(39,40)41)12-21(35)23(20-14-45-27(29)31-20)32-43-22(26(37)38)13-42-17-7-8-18-15(11-17)9-10-33(3)24(18)30-16-5-4-6-16/h7-11,14,16,19,22H,4-6,12-13H2,1-3H3,(H4,29,31,37,38,39,40,41)/p+1/b32-23-/t19?,22-/m0/s1. The van der Waals surface area contributed by atoms with Crippen LogP contribution < -0.4 is 20.4 Å². The van der Waals surface area contributed by atoms with E-state index in [9.17, 15) is 27.9 Å². The highest BCUT2D eigenvalue weighted by Crippen LogP contribution is 2.40. The van der Waals surface area contributed by atoms with Gasteiger partial charge in [-0.3, -0.25) is 19.5 Å². The second-order valence-corrected chi connectivity index (χ2v) is 13.4. The number of rotatable bonds is 14. The Hall–Kier alpha value is -4.39. The quantitative estimate of drug-likeness (QED) is 0.0629. The zero-order chi connectivity index (χ0) is 33.4. The second-order valence-electron chi connectivity index (χ2n) is 11.5. The summed E-state index contributed by atoms with van der Waals surface area (Å²) in [6, 6.07) is 7.73. The maximum atomic E-state index is 13.4. The number of aliphatic carboxylic acids is 1. The number of aromatic nitrogens is 2. The Balaban J connectivity index is 1.30. The van der Waals surface area contributed by atoms with Crippen molar-refractivity contribution in [3.8, 4) is 5.75 Å². The summed E-state index contributed by atoms with van der Waals surface area (Å²) in [5, 5.41) is 21.0. The fourth-order valence-electron chi connectivity index (χ4n) is 5.09. The summed E-state index contributed by atoms with van der Waals surface area (Å²) >= 11 is 0.996. The molecule has 2 aliphatic rings. The van der Waals surface area contributed by atoms with Gasteiger partial charge in [-0.2, -0.15) is 13.5 Å². The van der Waals surface area contributed by atoms with Crippen molar-refractivity contribution in [1.29, 1.82) is 0 Å². The predicted octanol–water partition coefficient (Wildman–Crippen LogP) is 1.85. The summed E-state index contributed by atoms with van der Waals surface area (Å²) < 4.78 is 43.3. The number of carboxylic acid groups (broad SMARTS) is 1. The van der Waals surface area contributed by atoms with Crippen molar-refractivity contribution in [3.63, 3.8) is 0 Å². The third-order valence-electron chi connectivity index (χ3n) is 7.96. The number of nitrogens with one attached hydrogen (secondary N) is 1. The minimum Gasteiger partial charge on any atom is -0.489 e. The monoisotopic (exact) mass is 677 g/mol. The number of carboxylic acids is 1. The van der Waals surface area contributed by atoms with Gasteiger partial charge in [0.1, 0.15) is 18.1 Å². The molecule has 1 saturated heterocycles. The Morgan fingerprint density at radius 1 is 1.30 bits per heavy atom. The van der Waals surface area contributed by atoms with E-state index in [0.29, 0.717) is 16.9 Å². The molecule has 2 fully saturated rings. The van der Waals surface area contributed by atoms with E-state index in [4.69, 9.17) is 19.9 Å². The highest BCUT2D eigenvalue weighted by atomic mass is 32.3. The van der Waals surface area contributed by atoms with Crippen molar-refractivity contribution >= 4 is 66.8 Å². The summed E-state index contributed by atoms with van der Waals surface area (Å²) in [7, 11) is -3.03. The second kappa shape index (κ2) is 12.8. The average Bonchev–Trinajstić information content (AvgIpc) is 3.39. The molecule has 0 bridgehead atoms. The highest BCUT2D eigenvalue weighted by Gasteiger charge is 2.57. The number of anilines is 2. The van der Waals surface area contributed by atoms with Gasteiger partial charge < -0.3 is 20.4 Å². The van der Waals surface area contributed by atoms with Crippen molar-refractivity contribution in [2.45, 2.75) is 57.2 Å². The van der Waals surface area contributed by atoms with Crippen LogP contribution in [0, 0.1) is 5.92 Å². The Labute approximate surface area is 267 Å². The number of amides is 1. The molecule has 5 rings (SSSR count). The summed E-state index contributed by atoms with van der Waals surface area (Å²) in [5.41, 5.74) is 4.01. The van der Waals surface area contributed by atoms with E-state index >= 15 is 0 Å². The van der Waals surface area contributed by atoms with E-state index in [0.717, 1.165) is 40.8 Å². The smallest absolute Gasteiger partial charge is 0.418 e. The molecule has 1 aliphatic heterocycles. The SMILES string of the molecule is C[n+]1ccc2cc(OC[C@H](O/N=C(\C(=O)CC3C(=O)N(OS(=O)(=O)O)C3(C)C)c3csc(N)n3)C(=O)O)ccc2c1NC1CCC1. The number of carbonyl (C=O) groups is 3. The van der Waals surface area contributed by atoms with Gasteiger partial charge in [0.05, 0.1) is 36.1 Å². The summed E-state index contributed by atoms with van der Waals surface area (Å²) in [5.74, 6) is -2.76. The molecule has 0 radical (unpaired) electrons. The molecule has 1 unspecified atom stereocenters. The van der Waals surface area contributed by atoms with E-state index in [2.05, 4.69) is 19.7 Å². The Morgan fingerprint density at radius 2 is 2.04 bits per heavy atom. The van der Waals surface area contributed by atoms with Gasteiger partial charge in [0, 0.05) is 11.8 Å². The van der Waals surface area contributed by atoms with Gasteiger partial charge in [-0.25, -0.2) is 14.3 Å². The lowest BCUT2D eigenvalue weighted by molar-refractivity contribution is -0.656. The number of hydroxylamine groups is 2. The van der Waals surface area contributed by atoms with Crippen molar-refractivity contribution in [3.05, 3.63) is 41.5 Å². The molecule has 1 aliphatic carbocycles. The first-order chi connectivity index (χ1) is 21.6. The minimum atomic E-state index is -4.98. The van der Waals surface area contributed by atoms with Crippen LogP contribution in [0.1, 0.15) is 45.2 Å². The molecule has 1 aromatic carbocycles.